The Hall–Kier alpha value is -3.94. The van der Waals surface area contributed by atoms with Crippen LogP contribution in [0.25, 0.3) is 11.0 Å². The number of nitrogens with one attached hydrogen (secondary N) is 2. The van der Waals surface area contributed by atoms with E-state index in [0.29, 0.717) is 54.2 Å². The van der Waals surface area contributed by atoms with Gasteiger partial charge < -0.3 is 15.2 Å². The van der Waals surface area contributed by atoms with Gasteiger partial charge in [0.25, 0.3) is 12.0 Å². The number of hydrogen-bond donors (Lipinski definition) is 2. The molecule has 1 aromatic carbocycles. The summed E-state index contributed by atoms with van der Waals surface area (Å²) in [5.41, 5.74) is -0.0759. The van der Waals surface area contributed by atoms with Gasteiger partial charge in [0.05, 0.1) is 17.0 Å². The maximum Gasteiger partial charge on any atom is 0.266 e. The first kappa shape index (κ1) is 24.2. The maximum absolute atomic E-state index is 14.5. The van der Waals surface area contributed by atoms with E-state index in [1.54, 1.807) is 17.9 Å². The number of fused-ring (bicyclic) bond motifs is 1. The Morgan fingerprint density at radius 2 is 2.06 bits per heavy atom. The van der Waals surface area contributed by atoms with E-state index in [0.717, 1.165) is 6.07 Å². The number of pyridine rings is 1. The van der Waals surface area contributed by atoms with E-state index < -0.39 is 17.8 Å². The molecular formula is C24H23F3N6O2. The lowest BCUT2D eigenvalue weighted by Crippen LogP contribution is -2.38. The Morgan fingerprint density at radius 3 is 2.74 bits per heavy atom. The normalized spacial score (nSPS) is 14.3. The van der Waals surface area contributed by atoms with Gasteiger partial charge >= 0.3 is 0 Å². The number of aromatic nitrogens is 3. The van der Waals surface area contributed by atoms with Crippen LogP contribution < -0.4 is 10.9 Å². The van der Waals surface area contributed by atoms with Gasteiger partial charge in [-0.1, -0.05) is 18.2 Å². The van der Waals surface area contributed by atoms with Crippen LogP contribution in [0.3, 0.4) is 0 Å². The molecule has 3 heterocycles. The molecule has 3 aromatic rings. The van der Waals surface area contributed by atoms with Crippen molar-refractivity contribution in [3.8, 4) is 6.07 Å². The fourth-order valence-electron chi connectivity index (χ4n) is 4.35. The number of hydrogen-bond acceptors (Lipinski definition) is 6. The lowest BCUT2D eigenvalue weighted by molar-refractivity contribution is -0.131. The molecule has 0 spiro atoms. The molecule has 2 aromatic heterocycles. The monoisotopic (exact) mass is 484 g/mol. The predicted octanol–water partition coefficient (Wildman–Crippen LogP) is 3.94. The van der Waals surface area contributed by atoms with Crippen LogP contribution in [0.5, 0.6) is 0 Å². The van der Waals surface area contributed by atoms with Gasteiger partial charge in [0, 0.05) is 30.8 Å². The first-order chi connectivity index (χ1) is 16.8. The van der Waals surface area contributed by atoms with E-state index in [1.165, 1.54) is 12.1 Å². The van der Waals surface area contributed by atoms with E-state index in [-0.39, 0.29) is 35.9 Å². The van der Waals surface area contributed by atoms with Crippen molar-refractivity contribution in [3.63, 3.8) is 0 Å². The van der Waals surface area contributed by atoms with Crippen molar-refractivity contribution in [3.05, 3.63) is 63.0 Å². The molecule has 11 heteroatoms. The van der Waals surface area contributed by atoms with Gasteiger partial charge in [-0.05, 0) is 31.7 Å². The summed E-state index contributed by atoms with van der Waals surface area (Å²) in [6, 6.07) is 7.38. The molecule has 0 saturated carbocycles. The summed E-state index contributed by atoms with van der Waals surface area (Å²) in [5, 5.41) is 12.2. The van der Waals surface area contributed by atoms with Crippen molar-refractivity contribution >= 4 is 22.8 Å². The van der Waals surface area contributed by atoms with Gasteiger partial charge in [-0.3, -0.25) is 9.59 Å². The van der Waals surface area contributed by atoms with Crippen LogP contribution in [-0.4, -0.2) is 38.8 Å². The molecule has 1 fully saturated rings. The number of halogens is 3. The van der Waals surface area contributed by atoms with Gasteiger partial charge in [0.2, 0.25) is 5.91 Å². The number of nitriles is 1. The van der Waals surface area contributed by atoms with Gasteiger partial charge in [-0.15, -0.1) is 0 Å². The van der Waals surface area contributed by atoms with Crippen LogP contribution in [0.2, 0.25) is 0 Å². The number of nitrogens with zero attached hydrogens (tertiary/aromatic N) is 4. The molecule has 1 aliphatic heterocycles. The summed E-state index contributed by atoms with van der Waals surface area (Å²) in [5.74, 6) is -0.597. The Balaban J connectivity index is 1.61. The zero-order valence-corrected chi connectivity index (χ0v) is 18.9. The summed E-state index contributed by atoms with van der Waals surface area (Å²) < 4.78 is 40.6. The Labute approximate surface area is 198 Å². The number of carbonyl (C=O) groups excluding carboxylic acids is 1. The quantitative estimate of drug-likeness (QED) is 0.548. The number of H-pyrrole nitrogens is 1. The largest absolute Gasteiger partial charge is 0.365 e. The van der Waals surface area contributed by atoms with Crippen molar-refractivity contribution in [2.75, 3.05) is 18.4 Å². The molecule has 0 aliphatic carbocycles. The van der Waals surface area contributed by atoms with Crippen LogP contribution >= 0.6 is 0 Å². The molecule has 4 rings (SSSR count). The van der Waals surface area contributed by atoms with Gasteiger partial charge in [0.15, 0.2) is 0 Å². The van der Waals surface area contributed by atoms with E-state index in [9.17, 15) is 22.8 Å². The number of piperidine rings is 1. The minimum absolute atomic E-state index is 0.0614. The average molecular weight is 484 g/mol. The Bertz CT molecular complexity index is 1360. The van der Waals surface area contributed by atoms with E-state index in [1.807, 2.05) is 6.07 Å². The third-order valence-electron chi connectivity index (χ3n) is 6.16. The van der Waals surface area contributed by atoms with E-state index in [2.05, 4.69) is 20.3 Å². The topological polar surface area (TPSA) is 115 Å². The first-order valence-corrected chi connectivity index (χ1v) is 11.1. The molecule has 35 heavy (non-hydrogen) atoms. The summed E-state index contributed by atoms with van der Waals surface area (Å²) in [4.78, 5) is 37.9. The summed E-state index contributed by atoms with van der Waals surface area (Å²) in [6.07, 6.45) is -1.97. The number of aromatic amines is 1. The van der Waals surface area contributed by atoms with Crippen molar-refractivity contribution in [1.82, 2.24) is 19.9 Å². The Kier molecular flexibility index (Phi) is 7.00. The zero-order valence-electron chi connectivity index (χ0n) is 18.9. The number of alkyl halides is 2. The fourth-order valence-corrected chi connectivity index (χ4v) is 4.35. The fraction of sp³-hybridized carbons (Fsp3) is 0.375. The third-order valence-corrected chi connectivity index (χ3v) is 6.16. The molecule has 2 N–H and O–H groups in total. The number of carbonyl (C=O) groups is 1. The highest BCUT2D eigenvalue weighted by Crippen LogP contribution is 2.30. The second-order valence-electron chi connectivity index (χ2n) is 8.40. The van der Waals surface area contributed by atoms with Gasteiger partial charge in [-0.25, -0.2) is 23.1 Å². The smallest absolute Gasteiger partial charge is 0.266 e. The minimum Gasteiger partial charge on any atom is -0.365 e. The molecule has 0 radical (unpaired) electrons. The number of likely N-dealkylation sites (tertiary alicyclic amines) is 1. The molecule has 0 bridgehead atoms. The highest BCUT2D eigenvalue weighted by Gasteiger charge is 2.26. The highest BCUT2D eigenvalue weighted by molar-refractivity contribution is 5.87. The zero-order chi connectivity index (χ0) is 25.1. The number of anilines is 1. The number of aryl methyl sites for hydroxylation is 1. The number of benzene rings is 1. The summed E-state index contributed by atoms with van der Waals surface area (Å²) in [7, 11) is 0. The standard InChI is InChI=1S/C24H23F3N6O2/c1-13-30-22(29-12-15-3-2-4-16(20(15)25)21(26)27)18-11-17(24(35)32-23(18)31-13)14-6-9-33(10-7-14)19(34)5-8-28/h2-4,11,14,21H,5-7,9-10,12H2,1H3,(H2,29,30,31,32,35). The van der Waals surface area contributed by atoms with Crippen molar-refractivity contribution < 1.29 is 18.0 Å². The van der Waals surface area contributed by atoms with Crippen molar-refractivity contribution in [2.24, 2.45) is 0 Å². The summed E-state index contributed by atoms with van der Waals surface area (Å²) >= 11 is 0. The molecule has 1 saturated heterocycles. The number of amides is 1. The molecular weight excluding hydrogens is 461 g/mol. The van der Waals surface area contributed by atoms with Gasteiger partial charge in [-0.2, -0.15) is 5.26 Å². The van der Waals surface area contributed by atoms with Gasteiger partial charge in [0.1, 0.15) is 29.5 Å². The third kappa shape index (κ3) is 5.11. The van der Waals surface area contributed by atoms with Crippen molar-refractivity contribution in [2.45, 2.75) is 45.1 Å². The van der Waals surface area contributed by atoms with Crippen molar-refractivity contribution in [1.29, 1.82) is 5.26 Å². The average Bonchev–Trinajstić information content (AvgIpc) is 2.83. The molecule has 8 nitrogen and oxygen atoms in total. The molecule has 0 unspecified atom stereocenters. The number of rotatable bonds is 6. The Morgan fingerprint density at radius 1 is 1.31 bits per heavy atom. The second-order valence-corrected chi connectivity index (χ2v) is 8.40. The SMILES string of the molecule is Cc1nc(NCc2cccc(C(F)F)c2F)c2cc(C3CCN(C(=O)CC#N)CC3)c(=O)[nH]c2n1. The molecule has 182 valence electrons. The predicted molar refractivity (Wildman–Crippen MR) is 122 cm³/mol. The molecule has 1 aliphatic rings. The second kappa shape index (κ2) is 10.1. The maximum atomic E-state index is 14.5. The van der Waals surface area contributed by atoms with Crippen LogP contribution in [0.4, 0.5) is 19.0 Å². The van der Waals surface area contributed by atoms with E-state index in [4.69, 9.17) is 5.26 Å². The van der Waals surface area contributed by atoms with E-state index >= 15 is 0 Å². The lowest BCUT2D eigenvalue weighted by atomic mass is 9.89. The van der Waals surface area contributed by atoms with Crippen LogP contribution in [0.15, 0.2) is 29.1 Å². The lowest BCUT2D eigenvalue weighted by Gasteiger charge is -2.31. The molecule has 0 atom stereocenters. The molecule has 1 amide bonds. The van der Waals surface area contributed by atoms with Crippen LogP contribution in [0.1, 0.15) is 54.1 Å². The van der Waals surface area contributed by atoms with Crippen LogP contribution in [0, 0.1) is 24.1 Å². The minimum atomic E-state index is -2.92. The van der Waals surface area contributed by atoms with Crippen LogP contribution in [-0.2, 0) is 11.3 Å². The summed E-state index contributed by atoms with van der Waals surface area (Å²) in [6.45, 7) is 2.43. The first-order valence-electron chi connectivity index (χ1n) is 11.1. The highest BCUT2D eigenvalue weighted by atomic mass is 19.3.